The van der Waals surface area contributed by atoms with Gasteiger partial charge in [-0.3, -0.25) is 9.59 Å². The van der Waals surface area contributed by atoms with Gasteiger partial charge in [0.15, 0.2) is 16.8 Å². The van der Waals surface area contributed by atoms with E-state index in [4.69, 9.17) is 13.9 Å². The van der Waals surface area contributed by atoms with E-state index in [2.05, 4.69) is 10.3 Å². The molecular weight excluding hydrogens is 482 g/mol. The number of carbonyl (C=O) groups is 1. The molecular formula is C30H27N3O5. The Morgan fingerprint density at radius 3 is 2.55 bits per heavy atom. The van der Waals surface area contributed by atoms with Crippen LogP contribution in [0.5, 0.6) is 11.5 Å². The Bertz CT molecular complexity index is 1560. The zero-order valence-corrected chi connectivity index (χ0v) is 20.8. The third-order valence-corrected chi connectivity index (χ3v) is 6.05. The molecule has 5 rings (SSSR count). The number of aryl methyl sites for hydroxylation is 1. The van der Waals surface area contributed by atoms with Crippen molar-refractivity contribution in [3.8, 4) is 22.8 Å². The standard InChI is InChI=1S/C30H27N3O5/c34-21-22-12-14-25(15-13-22)36-17-5-4-9-24-20-33(32-31-24)16-18-37-28-11-6-10-26-27(35)19-29(38-30(26)28)23-7-2-1-3-8-23/h1-3,6-8,10-15,19-21H,4-5,9,16-18H2. The molecule has 0 aliphatic rings. The summed E-state index contributed by atoms with van der Waals surface area (Å²) in [5.41, 5.74) is 2.68. The van der Waals surface area contributed by atoms with Gasteiger partial charge in [-0.1, -0.05) is 41.6 Å². The van der Waals surface area contributed by atoms with Crippen LogP contribution in [0.1, 0.15) is 28.9 Å². The van der Waals surface area contributed by atoms with E-state index in [1.54, 1.807) is 47.1 Å². The average Bonchev–Trinajstić information content (AvgIpc) is 3.41. The first kappa shape index (κ1) is 25.0. The molecule has 38 heavy (non-hydrogen) atoms. The maximum Gasteiger partial charge on any atom is 0.193 e. The van der Waals surface area contributed by atoms with Crippen molar-refractivity contribution in [2.45, 2.75) is 25.8 Å². The Hall–Kier alpha value is -4.72. The molecule has 192 valence electrons. The van der Waals surface area contributed by atoms with Crippen molar-refractivity contribution in [2.75, 3.05) is 13.2 Å². The van der Waals surface area contributed by atoms with Crippen molar-refractivity contribution in [3.63, 3.8) is 0 Å². The number of aldehydes is 1. The van der Waals surface area contributed by atoms with E-state index >= 15 is 0 Å². The van der Waals surface area contributed by atoms with Crippen LogP contribution in [0.4, 0.5) is 0 Å². The maximum absolute atomic E-state index is 12.7. The van der Waals surface area contributed by atoms with Gasteiger partial charge in [-0.05, 0) is 55.7 Å². The van der Waals surface area contributed by atoms with Crippen LogP contribution in [0.15, 0.2) is 94.3 Å². The summed E-state index contributed by atoms with van der Waals surface area (Å²) in [5.74, 6) is 1.77. The van der Waals surface area contributed by atoms with Crippen molar-refractivity contribution >= 4 is 17.3 Å². The van der Waals surface area contributed by atoms with Crippen LogP contribution in [0.25, 0.3) is 22.3 Å². The van der Waals surface area contributed by atoms with E-state index in [1.165, 1.54) is 6.07 Å². The van der Waals surface area contributed by atoms with Crippen LogP contribution in [0.3, 0.4) is 0 Å². The number of hydrogen-bond acceptors (Lipinski definition) is 7. The first-order chi connectivity index (χ1) is 18.7. The second-order valence-electron chi connectivity index (χ2n) is 8.79. The quantitative estimate of drug-likeness (QED) is 0.165. The number of para-hydroxylation sites is 1. The summed E-state index contributed by atoms with van der Waals surface area (Å²) >= 11 is 0. The number of aromatic nitrogens is 3. The molecule has 0 bridgehead atoms. The van der Waals surface area contributed by atoms with Gasteiger partial charge in [0, 0.05) is 23.4 Å². The van der Waals surface area contributed by atoms with Crippen LogP contribution >= 0.6 is 0 Å². The van der Waals surface area contributed by atoms with E-state index in [-0.39, 0.29) is 5.43 Å². The highest BCUT2D eigenvalue weighted by atomic mass is 16.5. The monoisotopic (exact) mass is 509 g/mol. The zero-order valence-electron chi connectivity index (χ0n) is 20.8. The first-order valence-corrected chi connectivity index (χ1v) is 12.5. The molecule has 0 atom stereocenters. The van der Waals surface area contributed by atoms with Crippen molar-refractivity contribution in [2.24, 2.45) is 0 Å². The van der Waals surface area contributed by atoms with Gasteiger partial charge >= 0.3 is 0 Å². The Balaban J connectivity index is 1.12. The highest BCUT2D eigenvalue weighted by Crippen LogP contribution is 2.28. The van der Waals surface area contributed by atoms with Gasteiger partial charge in [0.25, 0.3) is 0 Å². The molecule has 2 aromatic heterocycles. The molecule has 8 heteroatoms. The summed E-state index contributed by atoms with van der Waals surface area (Å²) in [4.78, 5) is 23.4. The largest absolute Gasteiger partial charge is 0.494 e. The maximum atomic E-state index is 12.7. The SMILES string of the molecule is O=Cc1ccc(OCCCCc2cn(CCOc3cccc4c(=O)cc(-c5ccccc5)oc34)nn2)cc1. The Labute approximate surface area is 219 Å². The number of carbonyl (C=O) groups excluding carboxylic acids is 1. The van der Waals surface area contributed by atoms with Crippen molar-refractivity contribution < 1.29 is 18.7 Å². The van der Waals surface area contributed by atoms with Gasteiger partial charge in [-0.15, -0.1) is 5.10 Å². The molecule has 0 spiro atoms. The molecule has 0 fully saturated rings. The second-order valence-corrected chi connectivity index (χ2v) is 8.79. The highest BCUT2D eigenvalue weighted by molar-refractivity contribution is 5.84. The van der Waals surface area contributed by atoms with Crippen LogP contribution in [-0.2, 0) is 13.0 Å². The minimum Gasteiger partial charge on any atom is -0.494 e. The summed E-state index contributed by atoms with van der Waals surface area (Å²) in [6, 6.07) is 23.4. The molecule has 0 saturated heterocycles. The second kappa shape index (κ2) is 12.0. The highest BCUT2D eigenvalue weighted by Gasteiger charge is 2.12. The molecule has 5 aromatic rings. The van der Waals surface area contributed by atoms with Gasteiger partial charge in [-0.2, -0.15) is 0 Å². The number of fused-ring (bicyclic) bond motifs is 1. The fourth-order valence-electron chi connectivity index (χ4n) is 4.06. The summed E-state index contributed by atoms with van der Waals surface area (Å²) in [6.45, 7) is 1.44. The molecule has 0 radical (unpaired) electrons. The summed E-state index contributed by atoms with van der Waals surface area (Å²) in [6.07, 6.45) is 5.32. The third-order valence-electron chi connectivity index (χ3n) is 6.05. The number of ether oxygens (including phenoxy) is 2. The van der Waals surface area contributed by atoms with Crippen molar-refractivity contribution in [1.82, 2.24) is 15.0 Å². The lowest BCUT2D eigenvalue weighted by Crippen LogP contribution is -2.09. The van der Waals surface area contributed by atoms with Gasteiger partial charge in [0.1, 0.15) is 24.4 Å². The number of unbranched alkanes of at least 4 members (excludes halogenated alkanes) is 1. The molecule has 0 aliphatic carbocycles. The van der Waals surface area contributed by atoms with Gasteiger partial charge in [0.2, 0.25) is 0 Å². The minimum absolute atomic E-state index is 0.113. The fourth-order valence-corrected chi connectivity index (χ4v) is 4.06. The average molecular weight is 510 g/mol. The molecule has 0 saturated carbocycles. The summed E-state index contributed by atoms with van der Waals surface area (Å²) < 4.78 is 19.5. The van der Waals surface area contributed by atoms with E-state index < -0.39 is 0 Å². The molecule has 0 amide bonds. The van der Waals surface area contributed by atoms with Crippen LogP contribution in [-0.4, -0.2) is 34.5 Å². The first-order valence-electron chi connectivity index (χ1n) is 12.5. The number of rotatable bonds is 12. The van der Waals surface area contributed by atoms with Crippen molar-refractivity contribution in [1.29, 1.82) is 0 Å². The molecule has 3 aromatic carbocycles. The minimum atomic E-state index is -0.113. The van der Waals surface area contributed by atoms with Crippen LogP contribution in [0, 0.1) is 0 Å². The Kier molecular flexibility index (Phi) is 7.89. The zero-order chi connectivity index (χ0) is 26.2. The summed E-state index contributed by atoms with van der Waals surface area (Å²) in [7, 11) is 0. The predicted octanol–water partition coefficient (Wildman–Crippen LogP) is 5.34. The van der Waals surface area contributed by atoms with Gasteiger partial charge in [-0.25, -0.2) is 4.68 Å². The molecule has 8 nitrogen and oxygen atoms in total. The van der Waals surface area contributed by atoms with Gasteiger partial charge < -0.3 is 13.9 Å². The topological polar surface area (TPSA) is 96.5 Å². The lowest BCUT2D eigenvalue weighted by Gasteiger charge is -2.09. The smallest absolute Gasteiger partial charge is 0.193 e. The summed E-state index contributed by atoms with van der Waals surface area (Å²) in [5, 5.41) is 8.92. The van der Waals surface area contributed by atoms with Crippen LogP contribution < -0.4 is 14.9 Å². The Morgan fingerprint density at radius 1 is 0.895 bits per heavy atom. The van der Waals surface area contributed by atoms with Crippen LogP contribution in [0.2, 0.25) is 0 Å². The van der Waals surface area contributed by atoms with E-state index in [1.807, 2.05) is 36.5 Å². The molecule has 0 aliphatic heterocycles. The normalized spacial score (nSPS) is 10.9. The molecule has 2 heterocycles. The molecule has 0 N–H and O–H groups in total. The number of nitrogens with zero attached hydrogens (tertiary/aromatic N) is 3. The third kappa shape index (κ3) is 6.15. The Morgan fingerprint density at radius 2 is 1.74 bits per heavy atom. The van der Waals surface area contributed by atoms with Crippen molar-refractivity contribution in [3.05, 3.63) is 107 Å². The fraction of sp³-hybridized carbons (Fsp3) is 0.200. The van der Waals surface area contributed by atoms with E-state index in [0.29, 0.717) is 47.8 Å². The van der Waals surface area contributed by atoms with Gasteiger partial charge in [0.05, 0.1) is 24.2 Å². The van der Waals surface area contributed by atoms with E-state index in [0.717, 1.165) is 42.6 Å². The predicted molar refractivity (Wildman–Crippen MR) is 144 cm³/mol. The number of benzene rings is 3. The van der Waals surface area contributed by atoms with E-state index in [9.17, 15) is 9.59 Å². The lowest BCUT2D eigenvalue weighted by molar-refractivity contribution is 0.112. The molecule has 0 unspecified atom stereocenters. The number of hydrogen-bond donors (Lipinski definition) is 0. The lowest BCUT2D eigenvalue weighted by atomic mass is 10.1.